The smallest absolute Gasteiger partial charge is 0.244 e. The van der Waals surface area contributed by atoms with Crippen LogP contribution in [0.5, 0.6) is 0 Å². The predicted molar refractivity (Wildman–Crippen MR) is 162 cm³/mol. The second-order valence-electron chi connectivity index (χ2n) is 10.1. The van der Waals surface area contributed by atoms with Crippen LogP contribution >= 0.6 is 11.6 Å². The van der Waals surface area contributed by atoms with Gasteiger partial charge in [0.1, 0.15) is 12.6 Å². The Morgan fingerprint density at radius 3 is 2.27 bits per heavy atom. The van der Waals surface area contributed by atoms with Crippen molar-refractivity contribution in [3.8, 4) is 0 Å². The summed E-state index contributed by atoms with van der Waals surface area (Å²) in [5.41, 5.74) is 3.83. The van der Waals surface area contributed by atoms with Gasteiger partial charge >= 0.3 is 0 Å². The molecular formula is C31H38ClN3O4S. The Kier molecular flexibility index (Phi) is 11.2. The molecule has 0 fully saturated rings. The molecule has 0 radical (unpaired) electrons. The lowest BCUT2D eigenvalue weighted by Crippen LogP contribution is -2.53. The predicted octanol–water partition coefficient (Wildman–Crippen LogP) is 5.28. The largest absolute Gasteiger partial charge is 0.354 e. The first-order valence-corrected chi connectivity index (χ1v) is 15.6. The molecule has 0 bridgehead atoms. The number of benzene rings is 3. The van der Waals surface area contributed by atoms with Gasteiger partial charge in [-0.2, -0.15) is 0 Å². The van der Waals surface area contributed by atoms with Crippen molar-refractivity contribution in [1.82, 2.24) is 10.2 Å². The number of nitrogens with zero attached hydrogens (tertiary/aromatic N) is 2. The molecule has 1 atom stereocenters. The minimum absolute atomic E-state index is 0.144. The first kappa shape index (κ1) is 31.2. The summed E-state index contributed by atoms with van der Waals surface area (Å²) in [4.78, 5) is 29.2. The van der Waals surface area contributed by atoms with E-state index < -0.39 is 28.5 Å². The number of aryl methyl sites for hydroxylation is 2. The average molecular weight is 584 g/mol. The minimum Gasteiger partial charge on any atom is -0.354 e. The molecule has 0 aliphatic heterocycles. The molecule has 2 amide bonds. The zero-order valence-corrected chi connectivity index (χ0v) is 25.1. The van der Waals surface area contributed by atoms with Crippen molar-refractivity contribution in [3.63, 3.8) is 0 Å². The maximum atomic E-state index is 14.1. The fraction of sp³-hybridized carbons (Fsp3) is 0.355. The number of halogens is 1. The van der Waals surface area contributed by atoms with Crippen molar-refractivity contribution in [2.75, 3.05) is 23.7 Å². The number of hydrogen-bond acceptors (Lipinski definition) is 4. The normalized spacial score (nSPS) is 12.0. The summed E-state index contributed by atoms with van der Waals surface area (Å²) in [5.74, 6) is -0.766. The monoisotopic (exact) mass is 583 g/mol. The van der Waals surface area contributed by atoms with Gasteiger partial charge in [-0.3, -0.25) is 13.9 Å². The standard InChI is InChI=1S/C31H38ClN3O4S/c1-5-6-17-33-31(37)29(19-25-12-8-7-9-13-25)34(21-26-14-10-11-23(2)18-26)30(36)22-35(40(4,38)39)27-16-15-24(3)28(32)20-27/h7-16,18,20,29H,5-6,17,19,21-22H2,1-4H3,(H,33,37). The highest BCUT2D eigenvalue weighted by Gasteiger charge is 2.33. The number of amides is 2. The van der Waals surface area contributed by atoms with Crippen LogP contribution < -0.4 is 9.62 Å². The van der Waals surface area contributed by atoms with Crippen LogP contribution in [0.1, 0.15) is 42.0 Å². The molecule has 1 unspecified atom stereocenters. The van der Waals surface area contributed by atoms with E-state index in [0.717, 1.165) is 45.7 Å². The van der Waals surface area contributed by atoms with Gasteiger partial charge in [-0.05, 0) is 49.1 Å². The van der Waals surface area contributed by atoms with Crippen LogP contribution in [0, 0.1) is 13.8 Å². The lowest BCUT2D eigenvalue weighted by Gasteiger charge is -2.33. The van der Waals surface area contributed by atoms with Crippen molar-refractivity contribution < 1.29 is 18.0 Å². The Morgan fingerprint density at radius 1 is 0.950 bits per heavy atom. The number of rotatable bonds is 13. The lowest BCUT2D eigenvalue weighted by atomic mass is 10.0. The zero-order chi connectivity index (χ0) is 29.3. The highest BCUT2D eigenvalue weighted by molar-refractivity contribution is 7.92. The molecule has 3 aromatic carbocycles. The summed E-state index contributed by atoms with van der Waals surface area (Å²) < 4.78 is 26.8. The zero-order valence-electron chi connectivity index (χ0n) is 23.6. The summed E-state index contributed by atoms with van der Waals surface area (Å²) in [6.07, 6.45) is 3.06. The Hall–Kier alpha value is -3.36. The van der Waals surface area contributed by atoms with Gasteiger partial charge in [-0.15, -0.1) is 0 Å². The first-order valence-electron chi connectivity index (χ1n) is 13.4. The third-order valence-electron chi connectivity index (χ3n) is 6.66. The number of carbonyl (C=O) groups is 2. The maximum absolute atomic E-state index is 14.1. The van der Waals surface area contributed by atoms with Gasteiger partial charge in [-0.1, -0.05) is 91.2 Å². The Bertz CT molecular complexity index is 1410. The van der Waals surface area contributed by atoms with E-state index in [1.165, 1.54) is 11.0 Å². The molecule has 0 heterocycles. The fourth-order valence-corrected chi connectivity index (χ4v) is 5.43. The molecule has 0 saturated heterocycles. The number of sulfonamides is 1. The number of carbonyl (C=O) groups excluding carboxylic acids is 2. The van der Waals surface area contributed by atoms with E-state index in [9.17, 15) is 18.0 Å². The summed E-state index contributed by atoms with van der Waals surface area (Å²) >= 11 is 6.30. The van der Waals surface area contributed by atoms with E-state index in [4.69, 9.17) is 11.6 Å². The summed E-state index contributed by atoms with van der Waals surface area (Å²) in [6.45, 7) is 5.98. The number of unbranched alkanes of at least 4 members (excludes halogenated alkanes) is 1. The number of anilines is 1. The molecule has 3 aromatic rings. The van der Waals surface area contributed by atoms with E-state index in [1.54, 1.807) is 12.1 Å². The van der Waals surface area contributed by atoms with E-state index >= 15 is 0 Å². The molecule has 214 valence electrons. The van der Waals surface area contributed by atoms with Crippen LogP contribution in [0.15, 0.2) is 72.8 Å². The van der Waals surface area contributed by atoms with Crippen LogP contribution in [0.4, 0.5) is 5.69 Å². The molecule has 0 aromatic heterocycles. The second-order valence-corrected chi connectivity index (χ2v) is 12.4. The number of hydrogen-bond donors (Lipinski definition) is 1. The highest BCUT2D eigenvalue weighted by Crippen LogP contribution is 2.26. The molecule has 9 heteroatoms. The van der Waals surface area contributed by atoms with Crippen LogP contribution in [0.3, 0.4) is 0 Å². The van der Waals surface area contributed by atoms with E-state index in [0.29, 0.717) is 11.6 Å². The maximum Gasteiger partial charge on any atom is 0.244 e. The third kappa shape index (κ3) is 8.83. The molecule has 1 N–H and O–H groups in total. The molecular weight excluding hydrogens is 546 g/mol. The molecule has 0 aliphatic rings. The summed E-state index contributed by atoms with van der Waals surface area (Å²) in [5, 5.41) is 3.38. The molecule has 0 spiro atoms. The second kappa shape index (κ2) is 14.3. The summed E-state index contributed by atoms with van der Waals surface area (Å²) in [7, 11) is -3.85. The molecule has 7 nitrogen and oxygen atoms in total. The van der Waals surface area contributed by atoms with E-state index in [2.05, 4.69) is 5.32 Å². The van der Waals surface area contributed by atoms with Crippen LogP contribution in [0.25, 0.3) is 0 Å². The van der Waals surface area contributed by atoms with Crippen molar-refractivity contribution >= 4 is 39.1 Å². The minimum atomic E-state index is -3.85. The van der Waals surface area contributed by atoms with Gasteiger partial charge in [-0.25, -0.2) is 8.42 Å². The highest BCUT2D eigenvalue weighted by atomic mass is 35.5. The molecule has 40 heavy (non-hydrogen) atoms. The lowest BCUT2D eigenvalue weighted by molar-refractivity contribution is -0.140. The van der Waals surface area contributed by atoms with Gasteiger partial charge in [0.05, 0.1) is 11.9 Å². The van der Waals surface area contributed by atoms with Gasteiger partial charge in [0.15, 0.2) is 0 Å². The van der Waals surface area contributed by atoms with Crippen molar-refractivity contribution in [3.05, 3.63) is 100 Å². The topological polar surface area (TPSA) is 86.8 Å². The Morgan fingerprint density at radius 2 is 1.65 bits per heavy atom. The molecule has 0 saturated carbocycles. The van der Waals surface area contributed by atoms with Crippen LogP contribution in [-0.2, 0) is 32.6 Å². The third-order valence-corrected chi connectivity index (χ3v) is 8.21. The number of nitrogens with one attached hydrogen (secondary N) is 1. The van der Waals surface area contributed by atoms with Crippen LogP contribution in [0.2, 0.25) is 5.02 Å². The Balaban J connectivity index is 2.04. The summed E-state index contributed by atoms with van der Waals surface area (Å²) in [6, 6.07) is 21.2. The van der Waals surface area contributed by atoms with Crippen molar-refractivity contribution in [2.45, 2.75) is 52.6 Å². The van der Waals surface area contributed by atoms with E-state index in [1.807, 2.05) is 75.4 Å². The fourth-order valence-electron chi connectivity index (χ4n) is 4.42. The van der Waals surface area contributed by atoms with E-state index in [-0.39, 0.29) is 24.6 Å². The average Bonchev–Trinajstić information content (AvgIpc) is 2.91. The quantitative estimate of drug-likeness (QED) is 0.277. The van der Waals surface area contributed by atoms with Crippen LogP contribution in [-0.4, -0.2) is 50.5 Å². The van der Waals surface area contributed by atoms with Gasteiger partial charge in [0.25, 0.3) is 0 Å². The van der Waals surface area contributed by atoms with Gasteiger partial charge < -0.3 is 10.2 Å². The first-order chi connectivity index (χ1) is 19.0. The SMILES string of the molecule is CCCCNC(=O)C(Cc1ccccc1)N(Cc1cccc(C)c1)C(=O)CN(c1ccc(C)c(Cl)c1)S(C)(=O)=O. The van der Waals surface area contributed by atoms with Gasteiger partial charge in [0, 0.05) is 24.5 Å². The Labute approximate surface area is 243 Å². The van der Waals surface area contributed by atoms with Gasteiger partial charge in [0.2, 0.25) is 21.8 Å². The molecule has 3 rings (SSSR count). The molecule has 0 aliphatic carbocycles. The van der Waals surface area contributed by atoms with Crippen molar-refractivity contribution in [2.24, 2.45) is 0 Å². The van der Waals surface area contributed by atoms with Crippen molar-refractivity contribution in [1.29, 1.82) is 0 Å².